The van der Waals surface area contributed by atoms with E-state index >= 15 is 0 Å². The second-order valence-electron chi connectivity index (χ2n) is 8.52. The zero-order valence-electron chi connectivity index (χ0n) is 20.5. The summed E-state index contributed by atoms with van der Waals surface area (Å²) in [4.78, 5) is 17.3. The molecule has 4 aromatic carbocycles. The lowest BCUT2D eigenvalue weighted by Crippen LogP contribution is -2.20. The van der Waals surface area contributed by atoms with Gasteiger partial charge in [0.2, 0.25) is 0 Å². The molecule has 0 aliphatic heterocycles. The van der Waals surface area contributed by atoms with Crippen LogP contribution in [-0.2, 0) is 17.9 Å². The molecule has 8 heteroatoms. The molecule has 5 aromatic rings. The molecule has 0 aliphatic carbocycles. The Morgan fingerprint density at radius 1 is 0.947 bits per heavy atom. The van der Waals surface area contributed by atoms with Crippen LogP contribution in [0.4, 0.5) is 0 Å². The molecule has 1 N–H and O–H groups in total. The minimum atomic E-state index is -0.215. The van der Waals surface area contributed by atoms with Gasteiger partial charge < -0.3 is 9.30 Å². The summed E-state index contributed by atoms with van der Waals surface area (Å²) < 4.78 is 7.98. The van der Waals surface area contributed by atoms with Gasteiger partial charge in [0.15, 0.2) is 5.16 Å². The second-order valence-corrected chi connectivity index (χ2v) is 9.90. The van der Waals surface area contributed by atoms with Crippen molar-refractivity contribution >= 4 is 46.5 Å². The first-order valence-electron chi connectivity index (χ1n) is 12.1. The summed E-state index contributed by atoms with van der Waals surface area (Å²) in [6.45, 7) is 1.11. The van der Waals surface area contributed by atoms with Gasteiger partial charge in [-0.15, -0.1) is 0 Å². The molecule has 5 rings (SSSR count). The zero-order chi connectivity index (χ0) is 26.2. The molecule has 190 valence electrons. The molecule has 6 nitrogen and oxygen atoms in total. The number of hydrazone groups is 1. The van der Waals surface area contributed by atoms with Crippen molar-refractivity contribution in [2.45, 2.75) is 18.3 Å². The third-order valence-corrected chi connectivity index (χ3v) is 6.94. The van der Waals surface area contributed by atoms with Crippen molar-refractivity contribution in [1.29, 1.82) is 0 Å². The van der Waals surface area contributed by atoms with E-state index in [-0.39, 0.29) is 11.7 Å². The van der Waals surface area contributed by atoms with Crippen molar-refractivity contribution in [3.63, 3.8) is 0 Å². The first-order valence-corrected chi connectivity index (χ1v) is 13.4. The van der Waals surface area contributed by atoms with Crippen LogP contribution in [0.25, 0.3) is 11.0 Å². The van der Waals surface area contributed by atoms with E-state index in [1.54, 1.807) is 6.21 Å². The number of imidazole rings is 1. The van der Waals surface area contributed by atoms with E-state index in [2.05, 4.69) is 15.1 Å². The monoisotopic (exact) mass is 540 g/mol. The van der Waals surface area contributed by atoms with Crippen LogP contribution in [0.15, 0.2) is 113 Å². The Morgan fingerprint density at radius 2 is 1.74 bits per heavy atom. The van der Waals surface area contributed by atoms with Gasteiger partial charge >= 0.3 is 0 Å². The van der Waals surface area contributed by atoms with Crippen molar-refractivity contribution in [2.24, 2.45) is 5.10 Å². The van der Waals surface area contributed by atoms with Crippen LogP contribution in [0.2, 0.25) is 5.02 Å². The fraction of sp³-hybridized carbons (Fsp3) is 0.100. The number of hydrogen-bond acceptors (Lipinski definition) is 5. The fourth-order valence-corrected chi connectivity index (χ4v) is 4.79. The lowest BCUT2D eigenvalue weighted by Gasteiger charge is -2.09. The molecule has 0 radical (unpaired) electrons. The maximum absolute atomic E-state index is 12.5. The Hall–Kier alpha value is -4.07. The molecular formula is C30H25ClN4O2S. The zero-order valence-corrected chi connectivity index (χ0v) is 22.0. The van der Waals surface area contributed by atoms with Gasteiger partial charge in [0.05, 0.1) is 29.5 Å². The topological polar surface area (TPSA) is 68.5 Å². The number of nitrogens with one attached hydrogen (secondary N) is 1. The number of rotatable bonds is 10. The molecule has 0 saturated heterocycles. The number of ether oxygens (including phenoxy) is 1. The summed E-state index contributed by atoms with van der Waals surface area (Å²) in [7, 11) is 0. The van der Waals surface area contributed by atoms with Crippen molar-refractivity contribution in [3.05, 3.63) is 125 Å². The van der Waals surface area contributed by atoms with E-state index in [0.29, 0.717) is 18.2 Å². The van der Waals surface area contributed by atoms with Gasteiger partial charge in [0.1, 0.15) is 12.4 Å². The first kappa shape index (κ1) is 25.6. The van der Waals surface area contributed by atoms with Gasteiger partial charge in [-0.05, 0) is 53.1 Å². The number of nitrogens with zero attached hydrogens (tertiary/aromatic N) is 3. The summed E-state index contributed by atoms with van der Waals surface area (Å²) in [5.41, 5.74) is 7.53. The average Bonchev–Trinajstić information content (AvgIpc) is 3.30. The largest absolute Gasteiger partial charge is 0.489 e. The van der Waals surface area contributed by atoms with Crippen LogP contribution in [0.1, 0.15) is 16.7 Å². The summed E-state index contributed by atoms with van der Waals surface area (Å²) in [6.07, 6.45) is 1.60. The van der Waals surface area contributed by atoms with Crippen LogP contribution >= 0.6 is 23.4 Å². The van der Waals surface area contributed by atoms with Crippen LogP contribution in [0, 0.1) is 0 Å². The number of fused-ring (bicyclic) bond motifs is 1. The predicted molar refractivity (Wildman–Crippen MR) is 154 cm³/mol. The van der Waals surface area contributed by atoms with Crippen molar-refractivity contribution in [2.75, 3.05) is 5.75 Å². The number of amides is 1. The van der Waals surface area contributed by atoms with Crippen molar-refractivity contribution < 1.29 is 9.53 Å². The van der Waals surface area contributed by atoms with Gasteiger partial charge in [-0.3, -0.25) is 4.79 Å². The van der Waals surface area contributed by atoms with Crippen LogP contribution in [-0.4, -0.2) is 27.4 Å². The maximum atomic E-state index is 12.5. The van der Waals surface area contributed by atoms with Crippen molar-refractivity contribution in [3.8, 4) is 5.75 Å². The third kappa shape index (κ3) is 6.82. The first-order chi connectivity index (χ1) is 18.6. The molecule has 0 aliphatic rings. The summed E-state index contributed by atoms with van der Waals surface area (Å²) >= 11 is 7.42. The van der Waals surface area contributed by atoms with Gasteiger partial charge in [-0.25, -0.2) is 10.4 Å². The Morgan fingerprint density at radius 3 is 2.58 bits per heavy atom. The highest BCUT2D eigenvalue weighted by Gasteiger charge is 2.13. The SMILES string of the molecule is O=C(CSc1nc2ccccc2n1Cc1ccc(Cl)cc1)NN=Cc1cccc(OCc2ccccc2)c1. The lowest BCUT2D eigenvalue weighted by molar-refractivity contribution is -0.118. The van der Waals surface area contributed by atoms with Gasteiger partial charge in [-0.2, -0.15) is 5.10 Å². The Balaban J connectivity index is 1.18. The summed E-state index contributed by atoms with van der Waals surface area (Å²) in [5, 5.41) is 5.59. The number of para-hydroxylation sites is 2. The van der Waals surface area contributed by atoms with Gasteiger partial charge in [0, 0.05) is 5.02 Å². The molecule has 1 heterocycles. The minimum absolute atomic E-state index is 0.182. The molecule has 0 saturated carbocycles. The Labute approximate surface area is 230 Å². The quantitative estimate of drug-likeness (QED) is 0.124. The molecular weight excluding hydrogens is 516 g/mol. The van der Waals surface area contributed by atoms with E-state index in [9.17, 15) is 4.79 Å². The molecule has 0 atom stereocenters. The highest BCUT2D eigenvalue weighted by Crippen LogP contribution is 2.25. The van der Waals surface area contributed by atoms with Crippen molar-refractivity contribution in [1.82, 2.24) is 15.0 Å². The van der Waals surface area contributed by atoms with Crippen LogP contribution in [0.5, 0.6) is 5.75 Å². The smallest absolute Gasteiger partial charge is 0.250 e. The molecule has 0 unspecified atom stereocenters. The molecule has 38 heavy (non-hydrogen) atoms. The van der Waals surface area contributed by atoms with E-state index in [1.165, 1.54) is 11.8 Å². The molecule has 0 bridgehead atoms. The molecule has 1 amide bonds. The number of halogens is 1. The third-order valence-electron chi connectivity index (χ3n) is 5.72. The second kappa shape index (κ2) is 12.4. The highest BCUT2D eigenvalue weighted by atomic mass is 35.5. The molecule has 0 spiro atoms. The number of carbonyl (C=O) groups is 1. The van der Waals surface area contributed by atoms with Crippen LogP contribution < -0.4 is 10.2 Å². The number of thioether (sulfide) groups is 1. The molecule has 1 aromatic heterocycles. The van der Waals surface area contributed by atoms with Gasteiger partial charge in [-0.1, -0.05) is 90.1 Å². The predicted octanol–water partition coefficient (Wildman–Crippen LogP) is 6.56. The summed E-state index contributed by atoms with van der Waals surface area (Å²) in [6, 6.07) is 33.2. The Bertz CT molecular complexity index is 1550. The standard InChI is InChI=1S/C30H25ClN4O2S/c31-25-15-13-22(14-16-25)19-35-28-12-5-4-11-27(28)33-30(35)38-21-29(36)34-32-18-24-9-6-10-26(17-24)37-20-23-7-2-1-3-8-23/h1-18H,19-21H2,(H,34,36). The normalized spacial score (nSPS) is 11.2. The number of carbonyl (C=O) groups excluding carboxylic acids is 1. The summed E-state index contributed by atoms with van der Waals surface area (Å²) in [5.74, 6) is 0.703. The lowest BCUT2D eigenvalue weighted by atomic mass is 10.2. The minimum Gasteiger partial charge on any atom is -0.489 e. The number of aromatic nitrogens is 2. The van der Waals surface area contributed by atoms with E-state index in [1.807, 2.05) is 103 Å². The van der Waals surface area contributed by atoms with Crippen LogP contribution in [0.3, 0.4) is 0 Å². The van der Waals surface area contributed by atoms with E-state index in [4.69, 9.17) is 21.3 Å². The highest BCUT2D eigenvalue weighted by molar-refractivity contribution is 7.99. The van der Waals surface area contributed by atoms with Gasteiger partial charge in [0.25, 0.3) is 5.91 Å². The fourth-order valence-electron chi connectivity index (χ4n) is 3.86. The average molecular weight is 541 g/mol. The Kier molecular flexibility index (Phi) is 8.38. The number of hydrogen-bond donors (Lipinski definition) is 1. The molecule has 0 fully saturated rings. The van der Waals surface area contributed by atoms with E-state index < -0.39 is 0 Å². The number of benzene rings is 4. The maximum Gasteiger partial charge on any atom is 0.250 e. The van der Waals surface area contributed by atoms with E-state index in [0.717, 1.165) is 38.6 Å².